The Morgan fingerprint density at radius 2 is 2.05 bits per heavy atom. The van der Waals surface area contributed by atoms with Crippen LogP contribution in [0.3, 0.4) is 0 Å². The molecule has 0 spiro atoms. The summed E-state index contributed by atoms with van der Waals surface area (Å²) in [5.41, 5.74) is 0. The topological polar surface area (TPSA) is 79.6 Å². The molecular formula is C15H20N2O4S. The highest BCUT2D eigenvalue weighted by atomic mass is 32.2. The molecule has 2 aliphatic heterocycles. The summed E-state index contributed by atoms with van der Waals surface area (Å²) in [5.74, 6) is 0.454. The minimum Gasteiger partial charge on any atom is -0.465 e. The largest absolute Gasteiger partial charge is 0.465 e. The molecule has 1 aromatic heterocycles. The Bertz CT molecular complexity index is 652. The lowest BCUT2D eigenvalue weighted by atomic mass is 10.00. The van der Waals surface area contributed by atoms with Crippen LogP contribution in [0.5, 0.6) is 0 Å². The maximum absolute atomic E-state index is 11.9. The van der Waals surface area contributed by atoms with Crippen molar-refractivity contribution >= 4 is 22.0 Å². The van der Waals surface area contributed by atoms with Gasteiger partial charge in [0.15, 0.2) is 0 Å². The molecule has 7 heteroatoms. The van der Waals surface area contributed by atoms with E-state index in [1.54, 1.807) is 28.8 Å². The second-order valence-electron chi connectivity index (χ2n) is 6.00. The second-order valence-corrected chi connectivity index (χ2v) is 7.89. The van der Waals surface area contributed by atoms with E-state index in [4.69, 9.17) is 4.42 Å². The lowest BCUT2D eigenvalue weighted by molar-refractivity contribution is -0.117. The zero-order valence-electron chi connectivity index (χ0n) is 12.4. The molecule has 2 saturated heterocycles. The lowest BCUT2D eigenvalue weighted by Gasteiger charge is -2.37. The van der Waals surface area contributed by atoms with Gasteiger partial charge < -0.3 is 9.73 Å². The molecule has 3 rings (SSSR count). The number of rotatable bonds is 4. The van der Waals surface area contributed by atoms with E-state index in [1.807, 2.05) is 0 Å². The van der Waals surface area contributed by atoms with Crippen molar-refractivity contribution in [1.29, 1.82) is 0 Å². The average molecular weight is 324 g/mol. The number of hydrogen-bond donors (Lipinski definition) is 1. The molecule has 2 fully saturated rings. The summed E-state index contributed by atoms with van der Waals surface area (Å²) in [5, 5.41) is 2.97. The highest BCUT2D eigenvalue weighted by Crippen LogP contribution is 2.37. The predicted octanol–water partition coefficient (Wildman–Crippen LogP) is 1.36. The van der Waals surface area contributed by atoms with Crippen LogP contribution in [0.25, 0.3) is 6.08 Å². The van der Waals surface area contributed by atoms with E-state index in [-0.39, 0.29) is 24.0 Å². The second kappa shape index (κ2) is 5.89. The van der Waals surface area contributed by atoms with Gasteiger partial charge in [0.2, 0.25) is 15.9 Å². The van der Waals surface area contributed by atoms with E-state index < -0.39 is 10.0 Å². The van der Waals surface area contributed by atoms with E-state index >= 15 is 0 Å². The fourth-order valence-electron chi connectivity index (χ4n) is 3.59. The van der Waals surface area contributed by atoms with Gasteiger partial charge in [-0.1, -0.05) is 0 Å². The smallest absolute Gasteiger partial charge is 0.244 e. The Labute approximate surface area is 130 Å². The van der Waals surface area contributed by atoms with Crippen LogP contribution in [0.15, 0.2) is 28.9 Å². The van der Waals surface area contributed by atoms with Gasteiger partial charge in [-0.05, 0) is 43.9 Å². The molecule has 22 heavy (non-hydrogen) atoms. The Balaban J connectivity index is 1.59. The van der Waals surface area contributed by atoms with Crippen LogP contribution in [-0.2, 0) is 14.8 Å². The van der Waals surface area contributed by atoms with E-state index in [9.17, 15) is 13.2 Å². The van der Waals surface area contributed by atoms with Crippen molar-refractivity contribution in [2.45, 2.75) is 43.8 Å². The van der Waals surface area contributed by atoms with Crippen molar-refractivity contribution in [3.05, 3.63) is 30.2 Å². The Hall–Kier alpha value is -1.60. The first-order valence-corrected chi connectivity index (χ1v) is 9.29. The van der Waals surface area contributed by atoms with Crippen molar-refractivity contribution in [3.63, 3.8) is 0 Å². The lowest BCUT2D eigenvalue weighted by Crippen LogP contribution is -2.51. The number of sulfonamides is 1. The Morgan fingerprint density at radius 1 is 1.36 bits per heavy atom. The van der Waals surface area contributed by atoms with Gasteiger partial charge in [-0.25, -0.2) is 8.42 Å². The molecule has 0 aliphatic carbocycles. The molecule has 2 atom stereocenters. The number of carbonyl (C=O) groups is 1. The zero-order chi connectivity index (χ0) is 15.7. The molecule has 2 aliphatic rings. The van der Waals surface area contributed by atoms with Gasteiger partial charge in [0.25, 0.3) is 0 Å². The van der Waals surface area contributed by atoms with Crippen LogP contribution in [-0.4, -0.2) is 43.0 Å². The first kappa shape index (κ1) is 15.3. The standard InChI is InChI=1S/C15H20N2O4S/c1-22(19,20)17-12-4-5-13(17)10-11(9-12)16-15(18)7-6-14-3-2-8-21-14/h2-3,6-8,11-13H,4-5,9-10H2,1H3,(H,16,18)/b7-6+. The van der Waals surface area contributed by atoms with Crippen LogP contribution >= 0.6 is 0 Å². The van der Waals surface area contributed by atoms with Crippen molar-refractivity contribution in [2.24, 2.45) is 0 Å². The van der Waals surface area contributed by atoms with E-state index in [2.05, 4.69) is 5.32 Å². The monoisotopic (exact) mass is 324 g/mol. The quantitative estimate of drug-likeness (QED) is 0.848. The highest BCUT2D eigenvalue weighted by molar-refractivity contribution is 7.88. The number of carbonyl (C=O) groups excluding carboxylic acids is 1. The highest BCUT2D eigenvalue weighted by Gasteiger charge is 2.45. The third-order valence-electron chi connectivity index (χ3n) is 4.34. The summed E-state index contributed by atoms with van der Waals surface area (Å²) in [6.07, 6.45) is 9.02. The van der Waals surface area contributed by atoms with E-state index in [0.29, 0.717) is 18.6 Å². The SMILES string of the molecule is CS(=O)(=O)N1C2CCC1CC(NC(=O)/C=C/c1ccco1)C2. The first-order valence-electron chi connectivity index (χ1n) is 7.44. The van der Waals surface area contributed by atoms with Gasteiger partial charge in [-0.2, -0.15) is 4.31 Å². The van der Waals surface area contributed by atoms with Crippen LogP contribution in [0.2, 0.25) is 0 Å². The molecule has 120 valence electrons. The van der Waals surface area contributed by atoms with Crippen LogP contribution in [0.1, 0.15) is 31.4 Å². The minimum atomic E-state index is -3.16. The van der Waals surface area contributed by atoms with Gasteiger partial charge >= 0.3 is 0 Å². The van der Waals surface area contributed by atoms with E-state index in [1.165, 1.54) is 12.3 Å². The van der Waals surface area contributed by atoms with Crippen LogP contribution in [0, 0.1) is 0 Å². The number of fused-ring (bicyclic) bond motifs is 2. The summed E-state index contributed by atoms with van der Waals surface area (Å²) < 4.78 is 30.4. The fraction of sp³-hybridized carbons (Fsp3) is 0.533. The molecule has 1 aromatic rings. The summed E-state index contributed by atoms with van der Waals surface area (Å²) >= 11 is 0. The van der Waals surface area contributed by atoms with Gasteiger partial charge in [0, 0.05) is 24.2 Å². The minimum absolute atomic E-state index is 0.0214. The molecule has 0 aromatic carbocycles. The third-order valence-corrected chi connectivity index (χ3v) is 5.70. The normalized spacial score (nSPS) is 29.0. The number of amides is 1. The summed E-state index contributed by atoms with van der Waals surface area (Å²) in [6, 6.07) is 3.61. The van der Waals surface area contributed by atoms with Crippen LogP contribution < -0.4 is 5.32 Å². The molecule has 0 radical (unpaired) electrons. The number of nitrogens with zero attached hydrogens (tertiary/aromatic N) is 1. The molecular weight excluding hydrogens is 304 g/mol. The van der Waals surface area contributed by atoms with Crippen molar-refractivity contribution in [1.82, 2.24) is 9.62 Å². The summed E-state index contributed by atoms with van der Waals surface area (Å²) in [7, 11) is -3.16. The molecule has 0 saturated carbocycles. The third kappa shape index (κ3) is 3.25. The Kier molecular flexibility index (Phi) is 4.10. The van der Waals surface area contributed by atoms with Crippen molar-refractivity contribution in [3.8, 4) is 0 Å². The van der Waals surface area contributed by atoms with Gasteiger partial charge in [0.1, 0.15) is 5.76 Å². The molecule has 1 amide bonds. The molecule has 1 N–H and O–H groups in total. The number of nitrogens with one attached hydrogen (secondary N) is 1. The number of furan rings is 1. The van der Waals surface area contributed by atoms with Gasteiger partial charge in [-0.15, -0.1) is 0 Å². The number of piperidine rings is 1. The maximum atomic E-state index is 11.9. The van der Waals surface area contributed by atoms with Gasteiger partial charge in [0.05, 0.1) is 12.5 Å². The molecule has 6 nitrogen and oxygen atoms in total. The molecule has 3 heterocycles. The fourth-order valence-corrected chi connectivity index (χ4v) is 5.05. The number of hydrogen-bond acceptors (Lipinski definition) is 4. The average Bonchev–Trinajstić information content (AvgIpc) is 3.03. The molecule has 2 unspecified atom stereocenters. The Morgan fingerprint density at radius 3 is 2.59 bits per heavy atom. The zero-order valence-corrected chi connectivity index (χ0v) is 13.3. The van der Waals surface area contributed by atoms with E-state index in [0.717, 1.165) is 12.8 Å². The maximum Gasteiger partial charge on any atom is 0.244 e. The first-order chi connectivity index (χ1) is 10.4. The molecule has 2 bridgehead atoms. The van der Waals surface area contributed by atoms with Crippen molar-refractivity contribution in [2.75, 3.05) is 6.26 Å². The summed E-state index contributed by atoms with van der Waals surface area (Å²) in [4.78, 5) is 11.9. The van der Waals surface area contributed by atoms with Crippen LogP contribution in [0.4, 0.5) is 0 Å². The van der Waals surface area contributed by atoms with Gasteiger partial charge in [-0.3, -0.25) is 4.79 Å². The predicted molar refractivity (Wildman–Crippen MR) is 82.4 cm³/mol. The summed E-state index contributed by atoms with van der Waals surface area (Å²) in [6.45, 7) is 0. The van der Waals surface area contributed by atoms with Crippen molar-refractivity contribution < 1.29 is 17.6 Å².